The van der Waals surface area contributed by atoms with E-state index in [1.165, 1.54) is 22.3 Å². The minimum Gasteiger partial charge on any atom is -0.150 e. The molecule has 1 aliphatic rings. The summed E-state index contributed by atoms with van der Waals surface area (Å²) in [4.78, 5) is 11.0. The Morgan fingerprint density at radius 1 is 0.957 bits per heavy atom. The minimum atomic E-state index is -0.287. The van der Waals surface area contributed by atoms with Crippen molar-refractivity contribution in [2.45, 2.75) is 57.9 Å². The fourth-order valence-electron chi connectivity index (χ4n) is 4.31. The molecule has 2 aromatic carbocycles. The van der Waals surface area contributed by atoms with Crippen LogP contribution in [0.2, 0.25) is 0 Å². The van der Waals surface area contributed by atoms with Gasteiger partial charge in [-0.2, -0.15) is 4.91 Å². The van der Waals surface area contributed by atoms with Gasteiger partial charge in [-0.25, -0.2) is 0 Å². The van der Waals surface area contributed by atoms with E-state index >= 15 is 0 Å². The monoisotopic (exact) mass is 307 g/mol. The average Bonchev–Trinajstić information content (AvgIpc) is 2.85. The normalized spacial score (nSPS) is 15.8. The van der Waals surface area contributed by atoms with Crippen molar-refractivity contribution in [1.29, 1.82) is 0 Å². The van der Waals surface area contributed by atoms with Crippen molar-refractivity contribution in [1.82, 2.24) is 0 Å². The Hall–Kier alpha value is -1.96. The standard InChI is InChI=1S/C21H25NO/c1-4-12-21(13-5-2)19-9-7-6-8-17(19)18-11-10-16(14-20(18)21)15(3)22-23/h6-11,14-15H,4-5,12-13H2,1-3H3. The fourth-order valence-corrected chi connectivity index (χ4v) is 4.31. The molecule has 1 unspecified atom stereocenters. The molecule has 0 N–H and O–H groups in total. The first-order valence-corrected chi connectivity index (χ1v) is 8.74. The average molecular weight is 307 g/mol. The lowest BCUT2D eigenvalue weighted by atomic mass is 9.71. The molecule has 2 nitrogen and oxygen atoms in total. The maximum atomic E-state index is 11.0. The Labute approximate surface area is 138 Å². The molecule has 0 aliphatic heterocycles. The van der Waals surface area contributed by atoms with Crippen molar-refractivity contribution in [2.24, 2.45) is 5.18 Å². The Morgan fingerprint density at radius 2 is 1.61 bits per heavy atom. The summed E-state index contributed by atoms with van der Waals surface area (Å²) in [5.74, 6) is 0. The molecule has 23 heavy (non-hydrogen) atoms. The molecule has 2 aromatic rings. The van der Waals surface area contributed by atoms with Gasteiger partial charge in [0.1, 0.15) is 6.04 Å². The predicted octanol–water partition coefficient (Wildman–Crippen LogP) is 6.38. The van der Waals surface area contributed by atoms with Gasteiger partial charge in [-0.1, -0.05) is 74.3 Å². The summed E-state index contributed by atoms with van der Waals surface area (Å²) < 4.78 is 0. The second kappa shape index (κ2) is 6.27. The number of nitrogens with zero attached hydrogens (tertiary/aromatic N) is 1. The summed E-state index contributed by atoms with van der Waals surface area (Å²) in [6, 6.07) is 15.0. The van der Waals surface area contributed by atoms with Crippen molar-refractivity contribution < 1.29 is 0 Å². The van der Waals surface area contributed by atoms with Crippen LogP contribution in [0.5, 0.6) is 0 Å². The first-order chi connectivity index (χ1) is 11.2. The minimum absolute atomic E-state index is 0.0913. The zero-order valence-corrected chi connectivity index (χ0v) is 14.3. The zero-order valence-electron chi connectivity index (χ0n) is 14.3. The van der Waals surface area contributed by atoms with Crippen LogP contribution in [-0.4, -0.2) is 0 Å². The highest BCUT2D eigenvalue weighted by molar-refractivity contribution is 5.81. The molecule has 1 atom stereocenters. The number of benzene rings is 2. The third-order valence-corrected chi connectivity index (χ3v) is 5.29. The van der Waals surface area contributed by atoms with Crippen molar-refractivity contribution in [3.8, 4) is 11.1 Å². The molecule has 0 heterocycles. The summed E-state index contributed by atoms with van der Waals surface area (Å²) >= 11 is 0. The van der Waals surface area contributed by atoms with Crippen LogP contribution in [0.4, 0.5) is 0 Å². The Balaban J connectivity index is 2.26. The Kier molecular flexibility index (Phi) is 4.34. The Bertz CT molecular complexity index is 714. The van der Waals surface area contributed by atoms with E-state index in [2.05, 4.69) is 61.5 Å². The van der Waals surface area contributed by atoms with E-state index in [4.69, 9.17) is 0 Å². The van der Waals surface area contributed by atoms with Crippen molar-refractivity contribution >= 4 is 0 Å². The van der Waals surface area contributed by atoms with E-state index in [0.29, 0.717) is 0 Å². The van der Waals surface area contributed by atoms with Crippen LogP contribution >= 0.6 is 0 Å². The molecule has 2 heteroatoms. The van der Waals surface area contributed by atoms with E-state index in [1.807, 2.05) is 6.92 Å². The number of hydrogen-bond donors (Lipinski definition) is 0. The summed E-state index contributed by atoms with van der Waals surface area (Å²) in [5, 5.41) is 3.22. The highest BCUT2D eigenvalue weighted by atomic mass is 16.3. The molecule has 0 amide bonds. The second-order valence-electron chi connectivity index (χ2n) is 6.71. The van der Waals surface area contributed by atoms with Crippen LogP contribution < -0.4 is 0 Å². The van der Waals surface area contributed by atoms with Gasteiger partial charge in [0.05, 0.1) is 0 Å². The van der Waals surface area contributed by atoms with Crippen molar-refractivity contribution in [2.75, 3.05) is 0 Å². The van der Waals surface area contributed by atoms with Gasteiger partial charge in [0.15, 0.2) is 0 Å². The van der Waals surface area contributed by atoms with Gasteiger partial charge in [0, 0.05) is 5.41 Å². The van der Waals surface area contributed by atoms with E-state index < -0.39 is 0 Å². The molecule has 0 saturated carbocycles. The molecular formula is C21H25NO. The van der Waals surface area contributed by atoms with Gasteiger partial charge < -0.3 is 0 Å². The maximum Gasteiger partial charge on any atom is 0.114 e. The van der Waals surface area contributed by atoms with Gasteiger partial charge in [0.2, 0.25) is 0 Å². The molecule has 0 fully saturated rings. The first-order valence-electron chi connectivity index (χ1n) is 8.74. The molecule has 1 aliphatic carbocycles. The van der Waals surface area contributed by atoms with Gasteiger partial charge >= 0.3 is 0 Å². The summed E-state index contributed by atoms with van der Waals surface area (Å²) in [6.07, 6.45) is 4.60. The van der Waals surface area contributed by atoms with E-state index in [0.717, 1.165) is 31.2 Å². The molecule has 120 valence electrons. The van der Waals surface area contributed by atoms with Crippen molar-refractivity contribution in [3.63, 3.8) is 0 Å². The third-order valence-electron chi connectivity index (χ3n) is 5.29. The van der Waals surface area contributed by atoms with Crippen LogP contribution in [0.25, 0.3) is 11.1 Å². The molecule has 0 radical (unpaired) electrons. The number of hydrogen-bond acceptors (Lipinski definition) is 2. The topological polar surface area (TPSA) is 29.4 Å². The van der Waals surface area contributed by atoms with Crippen LogP contribution in [0.3, 0.4) is 0 Å². The second-order valence-corrected chi connectivity index (χ2v) is 6.71. The lowest BCUT2D eigenvalue weighted by Crippen LogP contribution is -2.25. The molecule has 0 bridgehead atoms. The number of rotatable bonds is 6. The zero-order chi connectivity index (χ0) is 16.4. The highest BCUT2D eigenvalue weighted by Crippen LogP contribution is 2.54. The summed E-state index contributed by atoms with van der Waals surface area (Å²) in [5.41, 5.74) is 6.68. The van der Waals surface area contributed by atoms with Gasteiger partial charge in [-0.05, 0) is 47.6 Å². The third kappa shape index (κ3) is 2.41. The van der Waals surface area contributed by atoms with E-state index in [1.54, 1.807) is 0 Å². The molecule has 0 aromatic heterocycles. The predicted molar refractivity (Wildman–Crippen MR) is 96.7 cm³/mol. The highest BCUT2D eigenvalue weighted by Gasteiger charge is 2.41. The maximum absolute atomic E-state index is 11.0. The van der Waals surface area contributed by atoms with Gasteiger partial charge in [0.25, 0.3) is 0 Å². The van der Waals surface area contributed by atoms with Crippen molar-refractivity contribution in [3.05, 3.63) is 64.1 Å². The quantitative estimate of drug-likeness (QED) is 0.569. The van der Waals surface area contributed by atoms with E-state index in [-0.39, 0.29) is 11.5 Å². The molecule has 0 saturated heterocycles. The first kappa shape index (κ1) is 15.9. The number of nitroso groups, excluding NO2 is 1. The lowest BCUT2D eigenvalue weighted by Gasteiger charge is -2.32. The molecule has 0 spiro atoms. The van der Waals surface area contributed by atoms with E-state index in [9.17, 15) is 4.91 Å². The summed E-state index contributed by atoms with van der Waals surface area (Å²) in [7, 11) is 0. The summed E-state index contributed by atoms with van der Waals surface area (Å²) in [6.45, 7) is 6.40. The molecular weight excluding hydrogens is 282 g/mol. The smallest absolute Gasteiger partial charge is 0.114 e. The number of fused-ring (bicyclic) bond motifs is 3. The van der Waals surface area contributed by atoms with Crippen LogP contribution in [0.15, 0.2) is 47.6 Å². The molecule has 3 rings (SSSR count). The van der Waals surface area contributed by atoms with Gasteiger partial charge in [-0.3, -0.25) is 0 Å². The van der Waals surface area contributed by atoms with Crippen LogP contribution in [0, 0.1) is 4.91 Å². The fraction of sp³-hybridized carbons (Fsp3) is 0.429. The SMILES string of the molecule is CCCC1(CCC)c2ccccc2-c2ccc(C(C)N=O)cc21. The largest absolute Gasteiger partial charge is 0.150 e. The Morgan fingerprint density at radius 3 is 2.26 bits per heavy atom. The van der Waals surface area contributed by atoms with Crippen LogP contribution in [0.1, 0.15) is 69.2 Å². The van der Waals surface area contributed by atoms with Crippen LogP contribution in [-0.2, 0) is 5.41 Å². The lowest BCUT2D eigenvalue weighted by molar-refractivity contribution is 0.435. The van der Waals surface area contributed by atoms with Gasteiger partial charge in [-0.15, -0.1) is 0 Å².